The maximum Gasteiger partial charge on any atom is 0.261 e. The second kappa shape index (κ2) is 36.8. The lowest BCUT2D eigenvalue weighted by atomic mass is 10.1. The fourth-order valence-electron chi connectivity index (χ4n) is 5.84. The van der Waals surface area contributed by atoms with E-state index in [0.29, 0.717) is 164 Å². The van der Waals surface area contributed by atoms with Gasteiger partial charge in [0.05, 0.1) is 159 Å². The standard InChI is InChI=1S/C45H78O13Si/c1-6-42(2)41-57-38-37-55-34-33-53-30-29-51-26-25-49-22-21-47-18-17-46-19-20-48-23-24-50-27-28-52-31-32-54-35-36-56-39-40-58-59(45(3,4)5,43-13-9-7-10-14-43)44-15-11-8-12-16-44/h7-16,42H,6,17-41H2,1-5H3. The molecule has 1 unspecified atom stereocenters. The van der Waals surface area contributed by atoms with Crippen LogP contribution < -0.4 is 10.4 Å². The van der Waals surface area contributed by atoms with E-state index in [2.05, 4.69) is 95.3 Å². The van der Waals surface area contributed by atoms with Crippen LogP contribution in [0, 0.1) is 5.92 Å². The first kappa shape index (κ1) is 53.3. The van der Waals surface area contributed by atoms with Gasteiger partial charge in [-0.15, -0.1) is 0 Å². The normalized spacial score (nSPS) is 12.7. The van der Waals surface area contributed by atoms with Gasteiger partial charge in [-0.1, -0.05) is 102 Å². The van der Waals surface area contributed by atoms with Crippen molar-refractivity contribution in [2.24, 2.45) is 5.92 Å². The molecule has 340 valence electrons. The maximum atomic E-state index is 6.85. The summed E-state index contributed by atoms with van der Waals surface area (Å²) in [6, 6.07) is 21.3. The number of ether oxygens (including phenoxy) is 12. The Morgan fingerprint density at radius 3 is 0.847 bits per heavy atom. The van der Waals surface area contributed by atoms with Crippen molar-refractivity contribution < 1.29 is 61.3 Å². The Hall–Kier alpha value is -1.86. The zero-order valence-corrected chi connectivity index (χ0v) is 38.0. The molecule has 0 N–H and O–H groups in total. The minimum absolute atomic E-state index is 0.0580. The van der Waals surface area contributed by atoms with Gasteiger partial charge in [0.1, 0.15) is 0 Å². The Balaban J connectivity index is 1.26. The molecule has 0 aromatic heterocycles. The van der Waals surface area contributed by atoms with E-state index in [9.17, 15) is 0 Å². The van der Waals surface area contributed by atoms with Gasteiger partial charge in [0.25, 0.3) is 8.32 Å². The molecular weight excluding hydrogens is 777 g/mol. The summed E-state index contributed by atoms with van der Waals surface area (Å²) in [7, 11) is -2.54. The summed E-state index contributed by atoms with van der Waals surface area (Å²) in [6.07, 6.45) is 1.13. The molecule has 0 aliphatic rings. The lowest BCUT2D eigenvalue weighted by Gasteiger charge is -2.43. The first-order valence-electron chi connectivity index (χ1n) is 21.6. The van der Waals surface area contributed by atoms with E-state index >= 15 is 0 Å². The van der Waals surface area contributed by atoms with Crippen LogP contribution in [0.15, 0.2) is 60.7 Å². The number of benzene rings is 2. The van der Waals surface area contributed by atoms with E-state index in [1.807, 2.05) is 0 Å². The molecule has 0 saturated carbocycles. The second-order valence-corrected chi connectivity index (χ2v) is 19.1. The highest BCUT2D eigenvalue weighted by molar-refractivity contribution is 6.99. The van der Waals surface area contributed by atoms with Crippen molar-refractivity contribution in [3.05, 3.63) is 60.7 Å². The summed E-state index contributed by atoms with van der Waals surface area (Å²) in [5.74, 6) is 0.594. The molecule has 13 nitrogen and oxygen atoms in total. The molecule has 0 heterocycles. The summed E-state index contributed by atoms with van der Waals surface area (Å²) in [4.78, 5) is 0. The zero-order chi connectivity index (χ0) is 42.4. The summed E-state index contributed by atoms with van der Waals surface area (Å²) in [5, 5.41) is 2.48. The Morgan fingerprint density at radius 2 is 0.610 bits per heavy atom. The molecule has 0 amide bonds. The van der Waals surface area contributed by atoms with Gasteiger partial charge in [0, 0.05) is 6.61 Å². The van der Waals surface area contributed by atoms with E-state index in [1.165, 1.54) is 10.4 Å². The van der Waals surface area contributed by atoms with E-state index in [-0.39, 0.29) is 5.04 Å². The van der Waals surface area contributed by atoms with Crippen LogP contribution in [-0.2, 0) is 61.3 Å². The molecule has 0 spiro atoms. The molecule has 2 aromatic carbocycles. The fourth-order valence-corrected chi connectivity index (χ4v) is 10.4. The average molecular weight is 855 g/mol. The Labute approximate surface area is 357 Å². The topological polar surface area (TPSA) is 120 Å². The van der Waals surface area contributed by atoms with Crippen molar-refractivity contribution in [3.63, 3.8) is 0 Å². The largest absolute Gasteiger partial charge is 0.405 e. The first-order chi connectivity index (χ1) is 28.9. The van der Waals surface area contributed by atoms with Gasteiger partial charge in [-0.05, 0) is 21.3 Å². The van der Waals surface area contributed by atoms with Gasteiger partial charge in [-0.3, -0.25) is 0 Å². The van der Waals surface area contributed by atoms with E-state index in [1.54, 1.807) is 0 Å². The highest BCUT2D eigenvalue weighted by atomic mass is 28.4. The molecule has 2 rings (SSSR count). The van der Waals surface area contributed by atoms with Gasteiger partial charge in [0.15, 0.2) is 0 Å². The summed E-state index contributed by atoms with van der Waals surface area (Å²) >= 11 is 0. The second-order valence-electron chi connectivity index (χ2n) is 14.8. The number of hydrogen-bond acceptors (Lipinski definition) is 13. The maximum absolute atomic E-state index is 6.85. The van der Waals surface area contributed by atoms with Crippen molar-refractivity contribution in [1.29, 1.82) is 0 Å². The van der Waals surface area contributed by atoms with Crippen LogP contribution >= 0.6 is 0 Å². The Bertz CT molecular complexity index is 1140. The lowest BCUT2D eigenvalue weighted by molar-refractivity contribution is -0.0288. The van der Waals surface area contributed by atoms with Crippen molar-refractivity contribution in [1.82, 2.24) is 0 Å². The predicted octanol–water partition coefficient (Wildman–Crippen LogP) is 4.81. The quantitative estimate of drug-likeness (QED) is 0.0673. The SMILES string of the molecule is CCC(C)COCCOCCOCCOCCOCCOCCOCCOCCOCCOCCOCCOCCO[Si](c1ccccc1)(c1ccccc1)C(C)(C)C. The molecule has 0 radical (unpaired) electrons. The van der Waals surface area contributed by atoms with Crippen LogP contribution in [-0.4, -0.2) is 173 Å². The highest BCUT2D eigenvalue weighted by Crippen LogP contribution is 2.36. The van der Waals surface area contributed by atoms with Crippen LogP contribution in [0.3, 0.4) is 0 Å². The van der Waals surface area contributed by atoms with Crippen LogP contribution in [0.4, 0.5) is 0 Å². The summed E-state index contributed by atoms with van der Waals surface area (Å²) < 4.78 is 73.7. The lowest BCUT2D eigenvalue weighted by Crippen LogP contribution is -2.66. The summed E-state index contributed by atoms with van der Waals surface area (Å²) in [5.41, 5.74) is 0. The third kappa shape index (κ3) is 26.3. The summed E-state index contributed by atoms with van der Waals surface area (Å²) in [6.45, 7) is 24.5. The van der Waals surface area contributed by atoms with Crippen molar-refractivity contribution in [2.45, 2.75) is 46.1 Å². The molecule has 1 atom stereocenters. The van der Waals surface area contributed by atoms with Crippen LogP contribution in [0.1, 0.15) is 41.0 Å². The third-order valence-corrected chi connectivity index (χ3v) is 14.2. The molecule has 0 saturated heterocycles. The van der Waals surface area contributed by atoms with E-state index < -0.39 is 8.32 Å². The van der Waals surface area contributed by atoms with E-state index in [4.69, 9.17) is 61.3 Å². The molecule has 2 aromatic rings. The van der Waals surface area contributed by atoms with Crippen LogP contribution in [0.5, 0.6) is 0 Å². The molecular formula is C45H78O13Si. The minimum Gasteiger partial charge on any atom is -0.405 e. The Morgan fingerprint density at radius 1 is 0.373 bits per heavy atom. The van der Waals surface area contributed by atoms with Crippen LogP contribution in [0.25, 0.3) is 0 Å². The smallest absolute Gasteiger partial charge is 0.261 e. The van der Waals surface area contributed by atoms with Gasteiger partial charge in [-0.2, -0.15) is 0 Å². The first-order valence-corrected chi connectivity index (χ1v) is 23.5. The van der Waals surface area contributed by atoms with Gasteiger partial charge < -0.3 is 61.3 Å². The highest BCUT2D eigenvalue weighted by Gasteiger charge is 2.50. The molecule has 0 bridgehead atoms. The van der Waals surface area contributed by atoms with Crippen molar-refractivity contribution in [2.75, 3.05) is 165 Å². The predicted molar refractivity (Wildman–Crippen MR) is 233 cm³/mol. The van der Waals surface area contributed by atoms with E-state index in [0.717, 1.165) is 13.0 Å². The van der Waals surface area contributed by atoms with Crippen molar-refractivity contribution in [3.8, 4) is 0 Å². The molecule has 0 fully saturated rings. The molecule has 0 aliphatic heterocycles. The Kier molecular flexibility index (Phi) is 33.2. The average Bonchev–Trinajstić information content (AvgIpc) is 3.24. The number of hydrogen-bond donors (Lipinski definition) is 0. The molecule has 59 heavy (non-hydrogen) atoms. The number of rotatable bonds is 42. The molecule has 14 heteroatoms. The van der Waals surface area contributed by atoms with Gasteiger partial charge in [-0.25, -0.2) is 0 Å². The molecule has 0 aliphatic carbocycles. The third-order valence-electron chi connectivity index (χ3n) is 9.15. The zero-order valence-electron chi connectivity index (χ0n) is 37.0. The van der Waals surface area contributed by atoms with Crippen LogP contribution in [0.2, 0.25) is 5.04 Å². The monoisotopic (exact) mass is 855 g/mol. The van der Waals surface area contributed by atoms with Gasteiger partial charge >= 0.3 is 0 Å². The minimum atomic E-state index is -2.54. The van der Waals surface area contributed by atoms with Crippen molar-refractivity contribution >= 4 is 18.7 Å². The fraction of sp³-hybridized carbons (Fsp3) is 0.733. The van der Waals surface area contributed by atoms with Gasteiger partial charge in [0.2, 0.25) is 0 Å².